The lowest BCUT2D eigenvalue weighted by atomic mass is 9.85. The Morgan fingerprint density at radius 1 is 0.250 bits per heavy atom. The molecule has 0 aliphatic rings. The van der Waals surface area contributed by atoms with Crippen molar-refractivity contribution >= 4 is 32.3 Å². The van der Waals surface area contributed by atoms with Gasteiger partial charge in [0.15, 0.2) is 0 Å². The van der Waals surface area contributed by atoms with Gasteiger partial charge in [-0.05, 0) is 95.0 Å². The molecule has 210 valence electrons. The van der Waals surface area contributed by atoms with Crippen LogP contribution in [0.2, 0.25) is 0 Å². The number of benzene rings is 8. The summed E-state index contributed by atoms with van der Waals surface area (Å²) >= 11 is 0. The summed E-state index contributed by atoms with van der Waals surface area (Å²) in [7, 11) is 0. The molecule has 0 saturated heterocycles. The van der Waals surface area contributed by atoms with Crippen LogP contribution in [0.15, 0.2) is 170 Å². The van der Waals surface area contributed by atoms with Crippen LogP contribution in [0, 0.1) is 0 Å². The van der Waals surface area contributed by atoms with Gasteiger partial charge in [0.25, 0.3) is 0 Å². The molecule has 0 unspecified atom stereocenters. The molecule has 0 heterocycles. The molecule has 8 aromatic rings. The highest BCUT2D eigenvalue weighted by Crippen LogP contribution is 2.44. The molecule has 0 aliphatic heterocycles. The molecule has 0 heteroatoms. The van der Waals surface area contributed by atoms with E-state index in [1.54, 1.807) is 0 Å². The van der Waals surface area contributed by atoms with E-state index in [1.807, 2.05) is 13.8 Å². The van der Waals surface area contributed by atoms with E-state index in [0.29, 0.717) is 0 Å². The lowest BCUT2D eigenvalue weighted by Gasteiger charge is -2.18. The van der Waals surface area contributed by atoms with E-state index in [2.05, 4.69) is 170 Å². The van der Waals surface area contributed by atoms with E-state index in [4.69, 9.17) is 0 Å². The van der Waals surface area contributed by atoms with Crippen LogP contribution in [0.25, 0.3) is 76.8 Å². The molecule has 0 bridgehead atoms. The third-order valence-electron chi connectivity index (χ3n) is 8.42. The van der Waals surface area contributed by atoms with Crippen molar-refractivity contribution in [2.75, 3.05) is 0 Å². The first kappa shape index (κ1) is 27.4. The van der Waals surface area contributed by atoms with Crippen LogP contribution in [0.3, 0.4) is 0 Å². The molecule has 0 fully saturated rings. The minimum absolute atomic E-state index is 1.23. The third-order valence-corrected chi connectivity index (χ3v) is 8.42. The fraction of sp³-hybridized carbons (Fsp3) is 0.0455. The van der Waals surface area contributed by atoms with Gasteiger partial charge in [0, 0.05) is 0 Å². The average Bonchev–Trinajstić information content (AvgIpc) is 3.11. The van der Waals surface area contributed by atoms with Crippen molar-refractivity contribution in [2.24, 2.45) is 0 Å². The number of fused-ring (bicyclic) bond motifs is 3. The molecule has 0 nitrogen and oxygen atoms in total. The van der Waals surface area contributed by atoms with Crippen molar-refractivity contribution < 1.29 is 0 Å². The minimum atomic E-state index is 1.23. The van der Waals surface area contributed by atoms with Crippen molar-refractivity contribution in [1.82, 2.24) is 0 Å². The van der Waals surface area contributed by atoms with E-state index < -0.39 is 0 Å². The smallest absolute Gasteiger partial charge is 0.00262 e. The monoisotopic (exact) mass is 562 g/mol. The van der Waals surface area contributed by atoms with Crippen molar-refractivity contribution in [1.29, 1.82) is 0 Å². The molecule has 0 aliphatic carbocycles. The fourth-order valence-corrected chi connectivity index (χ4v) is 6.46. The van der Waals surface area contributed by atoms with E-state index in [0.717, 1.165) is 0 Å². The van der Waals surface area contributed by atoms with Crippen molar-refractivity contribution in [2.45, 2.75) is 13.8 Å². The maximum absolute atomic E-state index is 2.36. The zero-order valence-electron chi connectivity index (χ0n) is 25.2. The number of hydrogen-bond acceptors (Lipinski definition) is 0. The minimum Gasteiger partial charge on any atom is -0.0683 e. The maximum atomic E-state index is 2.36. The Morgan fingerprint density at radius 3 is 1.18 bits per heavy atom. The fourth-order valence-electron chi connectivity index (χ4n) is 6.46. The Morgan fingerprint density at radius 2 is 0.636 bits per heavy atom. The molecule has 0 radical (unpaired) electrons. The first-order valence-corrected chi connectivity index (χ1v) is 15.5. The summed E-state index contributed by atoms with van der Waals surface area (Å²) in [4.78, 5) is 0. The molecule has 0 atom stereocenters. The Kier molecular flexibility index (Phi) is 7.49. The van der Waals surface area contributed by atoms with Crippen molar-refractivity contribution in [3.8, 4) is 44.5 Å². The normalized spacial score (nSPS) is 11.0. The van der Waals surface area contributed by atoms with Crippen LogP contribution in [-0.4, -0.2) is 0 Å². The summed E-state index contributed by atoms with van der Waals surface area (Å²) in [6.07, 6.45) is 0. The largest absolute Gasteiger partial charge is 0.0683 e. The maximum Gasteiger partial charge on any atom is -0.00262 e. The second kappa shape index (κ2) is 12.0. The van der Waals surface area contributed by atoms with Gasteiger partial charge < -0.3 is 0 Å². The van der Waals surface area contributed by atoms with Crippen LogP contribution in [-0.2, 0) is 0 Å². The topological polar surface area (TPSA) is 0 Å². The predicted octanol–water partition coefficient (Wildman–Crippen LogP) is 12.8. The van der Waals surface area contributed by atoms with Crippen molar-refractivity contribution in [3.05, 3.63) is 170 Å². The van der Waals surface area contributed by atoms with Crippen LogP contribution in [0.1, 0.15) is 13.8 Å². The van der Waals surface area contributed by atoms with E-state index in [9.17, 15) is 0 Å². The van der Waals surface area contributed by atoms with Gasteiger partial charge in [-0.15, -0.1) is 0 Å². The molecule has 8 rings (SSSR count). The highest BCUT2D eigenvalue weighted by molar-refractivity contribution is 6.21. The summed E-state index contributed by atoms with van der Waals surface area (Å²) in [5.41, 5.74) is 9.96. The highest BCUT2D eigenvalue weighted by Gasteiger charge is 2.17. The van der Waals surface area contributed by atoms with Gasteiger partial charge in [-0.3, -0.25) is 0 Å². The first-order chi connectivity index (χ1) is 21.8. The predicted molar refractivity (Wildman–Crippen MR) is 192 cm³/mol. The Labute approximate surface area is 259 Å². The molecular formula is C44H34. The van der Waals surface area contributed by atoms with Crippen LogP contribution < -0.4 is 0 Å². The quantitative estimate of drug-likeness (QED) is 0.187. The van der Waals surface area contributed by atoms with Gasteiger partial charge in [-0.1, -0.05) is 166 Å². The summed E-state index contributed by atoms with van der Waals surface area (Å²) < 4.78 is 0. The molecule has 0 N–H and O–H groups in total. The molecule has 0 aromatic heterocycles. The lowest BCUT2D eigenvalue weighted by molar-refractivity contribution is 1.50. The molecule has 44 heavy (non-hydrogen) atoms. The standard InChI is InChI=1S/C42H28.C2H6/c1-2-12-29(13-3-1)32-16-10-18-35(27-32)41-37-20-6-8-22-39(37)42(40-23-9-7-21-38(40)41)36-19-11-17-33(28-36)34-25-24-30-14-4-5-15-31(30)26-34;1-2/h1-28H;1-2H3. The van der Waals surface area contributed by atoms with Crippen LogP contribution >= 0.6 is 0 Å². The number of rotatable bonds is 4. The third kappa shape index (κ3) is 4.95. The van der Waals surface area contributed by atoms with Gasteiger partial charge in [-0.25, -0.2) is 0 Å². The number of hydrogen-bond donors (Lipinski definition) is 0. The van der Waals surface area contributed by atoms with Gasteiger partial charge in [0.1, 0.15) is 0 Å². The summed E-state index contributed by atoms with van der Waals surface area (Å²) in [5.74, 6) is 0. The molecule has 0 spiro atoms. The Bertz CT molecular complexity index is 2180. The summed E-state index contributed by atoms with van der Waals surface area (Å²) in [6, 6.07) is 61.8. The summed E-state index contributed by atoms with van der Waals surface area (Å²) in [5, 5.41) is 7.61. The van der Waals surface area contributed by atoms with Gasteiger partial charge in [0.05, 0.1) is 0 Å². The zero-order valence-corrected chi connectivity index (χ0v) is 25.2. The van der Waals surface area contributed by atoms with Crippen LogP contribution in [0.4, 0.5) is 0 Å². The van der Waals surface area contributed by atoms with Crippen LogP contribution in [0.5, 0.6) is 0 Å². The molecule has 0 saturated carbocycles. The molecule has 8 aromatic carbocycles. The lowest BCUT2D eigenvalue weighted by Crippen LogP contribution is -1.91. The average molecular weight is 563 g/mol. The van der Waals surface area contributed by atoms with Gasteiger partial charge in [0.2, 0.25) is 0 Å². The van der Waals surface area contributed by atoms with Gasteiger partial charge >= 0.3 is 0 Å². The SMILES string of the molecule is CC.c1ccc(-c2cccc(-c3c4ccccc4c(-c4cccc(-c5ccc6ccccc6c5)c4)c4ccccc34)c2)cc1. The Balaban J connectivity index is 0.00000153. The van der Waals surface area contributed by atoms with E-state index >= 15 is 0 Å². The second-order valence-corrected chi connectivity index (χ2v) is 10.9. The first-order valence-electron chi connectivity index (χ1n) is 15.5. The summed E-state index contributed by atoms with van der Waals surface area (Å²) in [6.45, 7) is 4.00. The van der Waals surface area contributed by atoms with E-state index in [-0.39, 0.29) is 0 Å². The molecule has 0 amide bonds. The Hall–Kier alpha value is -5.46. The van der Waals surface area contributed by atoms with E-state index in [1.165, 1.54) is 76.8 Å². The second-order valence-electron chi connectivity index (χ2n) is 10.9. The molecular weight excluding hydrogens is 528 g/mol. The van der Waals surface area contributed by atoms with Gasteiger partial charge in [-0.2, -0.15) is 0 Å². The van der Waals surface area contributed by atoms with Crippen molar-refractivity contribution in [3.63, 3.8) is 0 Å². The zero-order chi connectivity index (χ0) is 29.9. The highest BCUT2D eigenvalue weighted by atomic mass is 14.2.